The second-order valence-corrected chi connectivity index (χ2v) is 6.09. The molecule has 1 saturated heterocycles. The number of benzene rings is 1. The van der Waals surface area contributed by atoms with Crippen LogP contribution in [0.1, 0.15) is 31.2 Å². The highest BCUT2D eigenvalue weighted by atomic mass is 16.5. The molecule has 2 aliphatic heterocycles. The predicted octanol–water partition coefficient (Wildman–Crippen LogP) is 2.66. The molecule has 0 aromatic heterocycles. The zero-order chi connectivity index (χ0) is 13.6. The van der Waals surface area contributed by atoms with E-state index in [1.54, 1.807) is 0 Å². The van der Waals surface area contributed by atoms with Gasteiger partial charge in [-0.05, 0) is 57.3 Å². The van der Waals surface area contributed by atoms with E-state index >= 15 is 0 Å². The normalized spacial score (nSPS) is 23.7. The van der Waals surface area contributed by atoms with E-state index in [4.69, 9.17) is 4.74 Å². The molecule has 0 aliphatic carbocycles. The van der Waals surface area contributed by atoms with Crippen molar-refractivity contribution in [3.05, 3.63) is 29.8 Å². The van der Waals surface area contributed by atoms with Gasteiger partial charge in [-0.25, -0.2) is 0 Å². The first kappa shape index (κ1) is 13.9. The van der Waals surface area contributed by atoms with E-state index < -0.39 is 0 Å². The second-order valence-electron chi connectivity index (χ2n) is 6.09. The Morgan fingerprint density at radius 1 is 1.30 bits per heavy atom. The molecular weight excluding hydrogens is 248 g/mol. The maximum atomic E-state index is 5.82. The molecule has 1 fully saturated rings. The van der Waals surface area contributed by atoms with Gasteiger partial charge in [-0.1, -0.05) is 18.2 Å². The number of hydrogen-bond acceptors (Lipinski definition) is 3. The molecule has 1 unspecified atom stereocenters. The first-order valence-electron chi connectivity index (χ1n) is 8.05. The van der Waals surface area contributed by atoms with Gasteiger partial charge in [-0.2, -0.15) is 0 Å². The standard InChI is InChI=1S/C17H26N2O/c1-2-8-17-16(7-1)14-19(11-12-20-17)10-4-6-15-5-3-9-18-13-15/h1-2,7-8,15,18H,3-6,9-14H2. The van der Waals surface area contributed by atoms with Crippen molar-refractivity contribution in [1.29, 1.82) is 0 Å². The molecule has 0 radical (unpaired) electrons. The van der Waals surface area contributed by atoms with Gasteiger partial charge in [0.15, 0.2) is 0 Å². The van der Waals surface area contributed by atoms with Crippen molar-refractivity contribution in [2.24, 2.45) is 5.92 Å². The summed E-state index contributed by atoms with van der Waals surface area (Å²) >= 11 is 0. The van der Waals surface area contributed by atoms with Crippen molar-refractivity contribution >= 4 is 0 Å². The Bertz CT molecular complexity index is 415. The number of para-hydroxylation sites is 1. The summed E-state index contributed by atoms with van der Waals surface area (Å²) in [5, 5.41) is 3.51. The highest BCUT2D eigenvalue weighted by molar-refractivity contribution is 5.33. The minimum absolute atomic E-state index is 0.821. The van der Waals surface area contributed by atoms with Crippen LogP contribution >= 0.6 is 0 Å². The maximum Gasteiger partial charge on any atom is 0.123 e. The molecule has 110 valence electrons. The molecule has 0 bridgehead atoms. The quantitative estimate of drug-likeness (QED) is 0.913. The summed E-state index contributed by atoms with van der Waals surface area (Å²) in [4.78, 5) is 2.54. The first-order chi connectivity index (χ1) is 9.92. The molecule has 1 aromatic rings. The fourth-order valence-electron chi connectivity index (χ4n) is 3.34. The summed E-state index contributed by atoms with van der Waals surface area (Å²) in [7, 11) is 0. The van der Waals surface area contributed by atoms with E-state index in [-0.39, 0.29) is 0 Å². The summed E-state index contributed by atoms with van der Waals surface area (Å²) in [6.45, 7) is 6.57. The second kappa shape index (κ2) is 7.09. The monoisotopic (exact) mass is 274 g/mol. The fourth-order valence-corrected chi connectivity index (χ4v) is 3.34. The van der Waals surface area contributed by atoms with Crippen LogP contribution in [-0.4, -0.2) is 37.7 Å². The highest BCUT2D eigenvalue weighted by Gasteiger charge is 2.16. The van der Waals surface area contributed by atoms with Crippen molar-refractivity contribution in [1.82, 2.24) is 10.2 Å². The lowest BCUT2D eigenvalue weighted by atomic mass is 9.94. The van der Waals surface area contributed by atoms with E-state index in [0.717, 1.165) is 31.4 Å². The van der Waals surface area contributed by atoms with Crippen LogP contribution in [0.4, 0.5) is 0 Å². The molecule has 3 heteroatoms. The molecule has 1 atom stereocenters. The van der Waals surface area contributed by atoms with Gasteiger partial charge in [0.1, 0.15) is 12.4 Å². The smallest absolute Gasteiger partial charge is 0.123 e. The average molecular weight is 274 g/mol. The van der Waals surface area contributed by atoms with Crippen molar-refractivity contribution in [3.63, 3.8) is 0 Å². The first-order valence-corrected chi connectivity index (χ1v) is 8.05. The van der Waals surface area contributed by atoms with E-state index in [1.165, 1.54) is 50.9 Å². The van der Waals surface area contributed by atoms with Crippen molar-refractivity contribution in [3.8, 4) is 5.75 Å². The average Bonchev–Trinajstić information content (AvgIpc) is 2.70. The van der Waals surface area contributed by atoms with Crippen molar-refractivity contribution in [2.75, 3.05) is 32.8 Å². The molecule has 3 rings (SSSR count). The van der Waals surface area contributed by atoms with Gasteiger partial charge in [-0.3, -0.25) is 4.90 Å². The third kappa shape index (κ3) is 3.74. The van der Waals surface area contributed by atoms with E-state index in [1.807, 2.05) is 0 Å². The molecule has 3 nitrogen and oxygen atoms in total. The third-order valence-electron chi connectivity index (χ3n) is 4.52. The Morgan fingerprint density at radius 2 is 2.25 bits per heavy atom. The molecule has 20 heavy (non-hydrogen) atoms. The van der Waals surface area contributed by atoms with Crippen LogP contribution in [-0.2, 0) is 6.54 Å². The number of ether oxygens (including phenoxy) is 1. The van der Waals surface area contributed by atoms with Gasteiger partial charge < -0.3 is 10.1 Å². The minimum atomic E-state index is 0.821. The van der Waals surface area contributed by atoms with Crippen LogP contribution in [0, 0.1) is 5.92 Å². The lowest BCUT2D eigenvalue weighted by Gasteiger charge is -2.24. The lowest BCUT2D eigenvalue weighted by molar-refractivity contribution is 0.216. The maximum absolute atomic E-state index is 5.82. The van der Waals surface area contributed by atoms with Crippen LogP contribution in [0.5, 0.6) is 5.75 Å². The minimum Gasteiger partial charge on any atom is -0.492 e. The molecule has 1 N–H and O–H groups in total. The molecule has 0 spiro atoms. The van der Waals surface area contributed by atoms with Crippen LogP contribution in [0.2, 0.25) is 0 Å². The molecular formula is C17H26N2O. The number of fused-ring (bicyclic) bond motifs is 1. The summed E-state index contributed by atoms with van der Waals surface area (Å²) in [5.74, 6) is 1.98. The number of nitrogens with zero attached hydrogens (tertiary/aromatic N) is 1. The Morgan fingerprint density at radius 3 is 3.15 bits per heavy atom. The number of rotatable bonds is 4. The molecule has 1 aromatic carbocycles. The SMILES string of the molecule is c1ccc2c(c1)CN(CCCC1CCCNC1)CCO2. The van der Waals surface area contributed by atoms with Gasteiger partial charge in [-0.15, -0.1) is 0 Å². The number of nitrogens with one attached hydrogen (secondary N) is 1. The van der Waals surface area contributed by atoms with Gasteiger partial charge in [0.2, 0.25) is 0 Å². The van der Waals surface area contributed by atoms with Gasteiger partial charge >= 0.3 is 0 Å². The lowest BCUT2D eigenvalue weighted by Crippen LogP contribution is -2.31. The van der Waals surface area contributed by atoms with Crippen molar-refractivity contribution in [2.45, 2.75) is 32.2 Å². The summed E-state index contributed by atoms with van der Waals surface area (Å²) in [5.41, 5.74) is 1.34. The van der Waals surface area contributed by atoms with Crippen molar-refractivity contribution < 1.29 is 4.74 Å². The molecule has 0 saturated carbocycles. The Hall–Kier alpha value is -1.06. The van der Waals surface area contributed by atoms with E-state index in [2.05, 4.69) is 34.5 Å². The highest BCUT2D eigenvalue weighted by Crippen LogP contribution is 2.23. The Labute approximate surface area is 122 Å². The van der Waals surface area contributed by atoms with Crippen LogP contribution in [0.25, 0.3) is 0 Å². The summed E-state index contributed by atoms with van der Waals surface area (Å²) in [6, 6.07) is 8.45. The zero-order valence-corrected chi connectivity index (χ0v) is 12.3. The van der Waals surface area contributed by atoms with Gasteiger partial charge in [0.25, 0.3) is 0 Å². The Balaban J connectivity index is 1.46. The van der Waals surface area contributed by atoms with Crippen LogP contribution < -0.4 is 10.1 Å². The molecule has 0 amide bonds. The largest absolute Gasteiger partial charge is 0.492 e. The third-order valence-corrected chi connectivity index (χ3v) is 4.52. The topological polar surface area (TPSA) is 24.5 Å². The van der Waals surface area contributed by atoms with E-state index in [0.29, 0.717) is 0 Å². The fraction of sp³-hybridized carbons (Fsp3) is 0.647. The number of piperidine rings is 1. The number of hydrogen-bond donors (Lipinski definition) is 1. The van der Waals surface area contributed by atoms with E-state index in [9.17, 15) is 0 Å². The van der Waals surface area contributed by atoms with Crippen LogP contribution in [0.15, 0.2) is 24.3 Å². The zero-order valence-electron chi connectivity index (χ0n) is 12.3. The molecule has 2 aliphatic rings. The summed E-state index contributed by atoms with van der Waals surface area (Å²) in [6.07, 6.45) is 5.45. The summed E-state index contributed by atoms with van der Waals surface area (Å²) < 4.78 is 5.82. The Kier molecular flexibility index (Phi) is 4.93. The predicted molar refractivity (Wildman–Crippen MR) is 82.0 cm³/mol. The van der Waals surface area contributed by atoms with Crippen LogP contribution in [0.3, 0.4) is 0 Å². The molecule has 2 heterocycles. The van der Waals surface area contributed by atoms with Gasteiger partial charge in [0, 0.05) is 18.7 Å². The van der Waals surface area contributed by atoms with Gasteiger partial charge in [0.05, 0.1) is 0 Å².